The van der Waals surface area contributed by atoms with E-state index in [9.17, 15) is 14.7 Å². The van der Waals surface area contributed by atoms with Crippen LogP contribution in [-0.4, -0.2) is 83.0 Å². The molecule has 6 nitrogen and oxygen atoms in total. The Morgan fingerprint density at radius 3 is 2.23 bits per heavy atom. The Morgan fingerprint density at radius 2 is 1.77 bits per heavy atom. The normalized spacial score (nSPS) is 23.2. The van der Waals surface area contributed by atoms with Crippen LogP contribution in [0.1, 0.15) is 33.6 Å². The van der Waals surface area contributed by atoms with E-state index < -0.39 is 0 Å². The maximum Gasteiger partial charge on any atom is 0.245 e. The molecule has 22 heavy (non-hydrogen) atoms. The van der Waals surface area contributed by atoms with E-state index in [1.165, 1.54) is 0 Å². The van der Waals surface area contributed by atoms with Crippen molar-refractivity contribution in [2.45, 2.75) is 45.8 Å². The maximum atomic E-state index is 12.9. The number of likely N-dealkylation sites (tertiary alicyclic amines) is 1. The number of piperazine rings is 1. The highest BCUT2D eigenvalue weighted by Gasteiger charge is 2.37. The minimum absolute atomic E-state index is 0.0851. The van der Waals surface area contributed by atoms with Gasteiger partial charge in [0.05, 0.1) is 6.10 Å². The topological polar surface area (TPSA) is 64.1 Å². The van der Waals surface area contributed by atoms with Crippen molar-refractivity contribution in [3.8, 4) is 0 Å². The SMILES string of the molecule is CC(C)[C@H](C(=O)N1CCN(C[C@@H](C)O)CC1)N1CCCC1=O. The molecule has 0 aromatic carbocycles. The van der Waals surface area contributed by atoms with Crippen molar-refractivity contribution in [1.29, 1.82) is 0 Å². The van der Waals surface area contributed by atoms with Crippen LogP contribution in [-0.2, 0) is 9.59 Å². The van der Waals surface area contributed by atoms with Gasteiger partial charge in [0.25, 0.3) is 0 Å². The molecule has 0 unspecified atom stereocenters. The largest absolute Gasteiger partial charge is 0.392 e. The monoisotopic (exact) mass is 311 g/mol. The minimum atomic E-state index is -0.340. The predicted molar refractivity (Wildman–Crippen MR) is 84.3 cm³/mol. The zero-order chi connectivity index (χ0) is 16.3. The number of hydrogen-bond donors (Lipinski definition) is 1. The van der Waals surface area contributed by atoms with Crippen molar-refractivity contribution in [2.24, 2.45) is 5.92 Å². The van der Waals surface area contributed by atoms with Crippen LogP contribution < -0.4 is 0 Å². The average molecular weight is 311 g/mol. The molecule has 1 N–H and O–H groups in total. The van der Waals surface area contributed by atoms with Gasteiger partial charge in [0, 0.05) is 45.7 Å². The third-order valence-corrected chi connectivity index (χ3v) is 4.54. The van der Waals surface area contributed by atoms with E-state index in [2.05, 4.69) is 4.90 Å². The van der Waals surface area contributed by atoms with Crippen LogP contribution in [0.15, 0.2) is 0 Å². The van der Waals surface area contributed by atoms with Gasteiger partial charge >= 0.3 is 0 Å². The van der Waals surface area contributed by atoms with Crippen LogP contribution in [0, 0.1) is 5.92 Å². The summed E-state index contributed by atoms with van der Waals surface area (Å²) in [5.41, 5.74) is 0. The number of nitrogens with zero attached hydrogens (tertiary/aromatic N) is 3. The molecule has 2 atom stereocenters. The van der Waals surface area contributed by atoms with Gasteiger partial charge in [-0.3, -0.25) is 14.5 Å². The molecule has 126 valence electrons. The molecule has 6 heteroatoms. The number of amides is 2. The number of rotatable bonds is 5. The summed E-state index contributed by atoms with van der Waals surface area (Å²) in [5, 5.41) is 9.45. The van der Waals surface area contributed by atoms with E-state index in [4.69, 9.17) is 0 Å². The minimum Gasteiger partial charge on any atom is -0.392 e. The van der Waals surface area contributed by atoms with Crippen molar-refractivity contribution >= 4 is 11.8 Å². The van der Waals surface area contributed by atoms with E-state index in [0.29, 0.717) is 32.6 Å². The number of carbonyl (C=O) groups is 2. The van der Waals surface area contributed by atoms with E-state index in [0.717, 1.165) is 19.5 Å². The maximum absolute atomic E-state index is 12.9. The molecule has 2 aliphatic rings. The van der Waals surface area contributed by atoms with Crippen molar-refractivity contribution in [3.63, 3.8) is 0 Å². The molecule has 2 aliphatic heterocycles. The second kappa shape index (κ2) is 7.42. The fraction of sp³-hybridized carbons (Fsp3) is 0.875. The molecular weight excluding hydrogens is 282 g/mol. The second-order valence-corrected chi connectivity index (χ2v) is 6.85. The van der Waals surface area contributed by atoms with Crippen LogP contribution >= 0.6 is 0 Å². The van der Waals surface area contributed by atoms with Gasteiger partial charge in [-0.2, -0.15) is 0 Å². The molecule has 2 heterocycles. The molecule has 0 aliphatic carbocycles. The Balaban J connectivity index is 1.96. The van der Waals surface area contributed by atoms with Gasteiger partial charge in [0.15, 0.2) is 0 Å². The lowest BCUT2D eigenvalue weighted by atomic mass is 10.0. The molecule has 2 amide bonds. The first-order chi connectivity index (χ1) is 10.4. The van der Waals surface area contributed by atoms with Crippen LogP contribution in [0.3, 0.4) is 0 Å². The van der Waals surface area contributed by atoms with Gasteiger partial charge in [-0.05, 0) is 19.3 Å². The highest BCUT2D eigenvalue weighted by molar-refractivity contribution is 5.89. The third-order valence-electron chi connectivity index (χ3n) is 4.54. The lowest BCUT2D eigenvalue weighted by Crippen LogP contribution is -2.57. The van der Waals surface area contributed by atoms with E-state index in [-0.39, 0.29) is 29.9 Å². The molecule has 0 radical (unpaired) electrons. The number of β-amino-alcohol motifs (C(OH)–C–C–N with tert-alkyl or cyclic N) is 1. The highest BCUT2D eigenvalue weighted by atomic mass is 16.3. The van der Waals surface area contributed by atoms with E-state index in [1.54, 1.807) is 11.8 Å². The lowest BCUT2D eigenvalue weighted by molar-refractivity contribution is -0.146. The van der Waals surface area contributed by atoms with Crippen molar-refractivity contribution in [3.05, 3.63) is 0 Å². The average Bonchev–Trinajstić information content (AvgIpc) is 2.85. The van der Waals surface area contributed by atoms with Crippen LogP contribution in [0.25, 0.3) is 0 Å². The summed E-state index contributed by atoms with van der Waals surface area (Å²) < 4.78 is 0. The molecule has 0 aromatic heterocycles. The zero-order valence-corrected chi connectivity index (χ0v) is 14.0. The fourth-order valence-corrected chi connectivity index (χ4v) is 3.45. The smallest absolute Gasteiger partial charge is 0.245 e. The number of aliphatic hydroxyl groups excluding tert-OH is 1. The number of aliphatic hydroxyl groups is 1. The van der Waals surface area contributed by atoms with Crippen molar-refractivity contribution in [1.82, 2.24) is 14.7 Å². The summed E-state index contributed by atoms with van der Waals surface area (Å²) in [6.07, 6.45) is 1.09. The molecule has 2 fully saturated rings. The molecule has 0 saturated carbocycles. The predicted octanol–water partition coefficient (Wildman–Crippen LogP) is 0.158. The first-order valence-electron chi connectivity index (χ1n) is 8.39. The third kappa shape index (κ3) is 3.98. The summed E-state index contributed by atoms with van der Waals surface area (Å²) in [4.78, 5) is 30.7. The van der Waals surface area contributed by atoms with E-state index >= 15 is 0 Å². The van der Waals surface area contributed by atoms with Gasteiger partial charge in [0.2, 0.25) is 11.8 Å². The van der Waals surface area contributed by atoms with E-state index in [1.807, 2.05) is 18.7 Å². The van der Waals surface area contributed by atoms with Gasteiger partial charge in [0.1, 0.15) is 6.04 Å². The van der Waals surface area contributed by atoms with Crippen molar-refractivity contribution in [2.75, 3.05) is 39.3 Å². The van der Waals surface area contributed by atoms with Crippen LogP contribution in [0.4, 0.5) is 0 Å². The highest BCUT2D eigenvalue weighted by Crippen LogP contribution is 2.21. The molecule has 2 saturated heterocycles. The summed E-state index contributed by atoms with van der Waals surface area (Å²) in [5.74, 6) is 0.326. The summed E-state index contributed by atoms with van der Waals surface area (Å²) in [6, 6.07) is -0.321. The molecule has 0 aromatic rings. The zero-order valence-electron chi connectivity index (χ0n) is 14.0. The summed E-state index contributed by atoms with van der Waals surface area (Å²) in [6.45, 7) is 10.1. The quantitative estimate of drug-likeness (QED) is 0.785. The van der Waals surface area contributed by atoms with Crippen LogP contribution in [0.2, 0.25) is 0 Å². The Bertz CT molecular complexity index is 403. The summed E-state index contributed by atoms with van der Waals surface area (Å²) >= 11 is 0. The molecule has 2 rings (SSSR count). The van der Waals surface area contributed by atoms with Gasteiger partial charge in [-0.25, -0.2) is 0 Å². The Morgan fingerprint density at radius 1 is 1.14 bits per heavy atom. The second-order valence-electron chi connectivity index (χ2n) is 6.85. The lowest BCUT2D eigenvalue weighted by Gasteiger charge is -2.39. The Hall–Kier alpha value is -1.14. The molecule has 0 bridgehead atoms. The molecular formula is C16H29N3O3. The number of hydrogen-bond acceptors (Lipinski definition) is 4. The van der Waals surface area contributed by atoms with Gasteiger partial charge < -0.3 is 14.9 Å². The first-order valence-corrected chi connectivity index (χ1v) is 8.39. The Kier molecular flexibility index (Phi) is 5.81. The van der Waals surface area contributed by atoms with Crippen LogP contribution in [0.5, 0.6) is 0 Å². The molecule has 0 spiro atoms. The summed E-state index contributed by atoms with van der Waals surface area (Å²) in [7, 11) is 0. The van der Waals surface area contributed by atoms with Crippen molar-refractivity contribution < 1.29 is 14.7 Å². The Labute approximate surface area is 133 Å². The first kappa shape index (κ1) is 17.2. The van der Waals surface area contributed by atoms with Gasteiger partial charge in [-0.15, -0.1) is 0 Å². The standard InChI is InChI=1S/C16H29N3O3/c1-12(2)15(19-6-4-5-14(19)21)16(22)18-9-7-17(8-10-18)11-13(3)20/h12-13,15,20H,4-11H2,1-3H3/t13-,15-/m1/s1. The number of carbonyl (C=O) groups excluding carboxylic acids is 2. The van der Waals surface area contributed by atoms with Gasteiger partial charge in [-0.1, -0.05) is 13.8 Å². The fourth-order valence-electron chi connectivity index (χ4n) is 3.45.